The molecule has 0 radical (unpaired) electrons. The van der Waals surface area contributed by atoms with Crippen LogP contribution in [0, 0.1) is 6.92 Å². The van der Waals surface area contributed by atoms with Crippen LogP contribution >= 0.6 is 11.6 Å². The average Bonchev–Trinajstić information content (AvgIpc) is 3.74. The molecule has 0 spiro atoms. The molecule has 0 unspecified atom stereocenters. The molecule has 3 N–H and O–H groups in total. The number of carbonyl (C=O) groups excluding carboxylic acids is 2. The first-order chi connectivity index (χ1) is 24.9. The number of phenols is 1. The summed E-state index contributed by atoms with van der Waals surface area (Å²) in [6.07, 6.45) is 0. The number of nitrogens with one attached hydrogen (secondary N) is 2. The number of alkyl halides is 1. The second-order valence-corrected chi connectivity index (χ2v) is 12.5. The number of hydrogen-bond acceptors (Lipinski definition) is 8. The highest BCUT2D eigenvalue weighted by atomic mass is 35.5. The predicted molar refractivity (Wildman–Crippen MR) is 198 cm³/mol. The zero-order chi connectivity index (χ0) is 35.7. The van der Waals surface area contributed by atoms with Gasteiger partial charge < -0.3 is 44.0 Å². The summed E-state index contributed by atoms with van der Waals surface area (Å²) in [7, 11) is 1.63. The van der Waals surface area contributed by atoms with Crippen molar-refractivity contribution >= 4 is 56.5 Å². The maximum Gasteiger partial charge on any atom is 0.272 e. The van der Waals surface area contributed by atoms with Gasteiger partial charge in [-0.3, -0.25) is 9.59 Å². The summed E-state index contributed by atoms with van der Waals surface area (Å²) in [6, 6.07) is 21.6. The molecule has 1 atom stereocenters. The fourth-order valence-electron chi connectivity index (χ4n) is 6.30. The normalized spacial score (nSPS) is 13.9. The lowest BCUT2D eigenvalue weighted by atomic mass is 9.92. The lowest BCUT2D eigenvalue weighted by molar-refractivity contribution is 0.000164. The highest BCUT2D eigenvalue weighted by molar-refractivity contribution is 6.19. The van der Waals surface area contributed by atoms with Crippen molar-refractivity contribution in [1.29, 1.82) is 0 Å². The van der Waals surface area contributed by atoms with E-state index >= 15 is 0 Å². The second kappa shape index (κ2) is 17.0. The van der Waals surface area contributed by atoms with Gasteiger partial charge in [0.15, 0.2) is 0 Å². The van der Waals surface area contributed by atoms with Gasteiger partial charge in [0, 0.05) is 59.1 Å². The first kappa shape index (κ1) is 36.2. The number of H-pyrrole nitrogens is 1. The maximum absolute atomic E-state index is 13.9. The Morgan fingerprint density at radius 1 is 0.902 bits per heavy atom. The number of aryl methyl sites for hydroxylation is 1. The molecule has 1 aromatic heterocycles. The Morgan fingerprint density at radius 2 is 1.61 bits per heavy atom. The van der Waals surface area contributed by atoms with E-state index < -0.39 is 0 Å². The molecule has 6 rings (SSSR count). The number of aromatic hydroxyl groups is 1. The van der Waals surface area contributed by atoms with Gasteiger partial charge in [0.05, 0.1) is 51.9 Å². The summed E-state index contributed by atoms with van der Waals surface area (Å²) in [5.41, 5.74) is 4.82. The van der Waals surface area contributed by atoms with Crippen molar-refractivity contribution in [2.75, 3.05) is 82.6 Å². The van der Waals surface area contributed by atoms with E-state index in [4.69, 9.17) is 35.3 Å². The van der Waals surface area contributed by atoms with Crippen molar-refractivity contribution in [2.24, 2.45) is 0 Å². The molecule has 268 valence electrons. The Balaban J connectivity index is 1.02. The largest absolute Gasteiger partial charge is 0.507 e. The van der Waals surface area contributed by atoms with Gasteiger partial charge in [-0.1, -0.05) is 18.2 Å². The number of halogens is 1. The zero-order valence-electron chi connectivity index (χ0n) is 28.7. The van der Waals surface area contributed by atoms with E-state index in [0.29, 0.717) is 93.7 Å². The van der Waals surface area contributed by atoms with Gasteiger partial charge in [0.1, 0.15) is 23.8 Å². The van der Waals surface area contributed by atoms with E-state index in [0.717, 1.165) is 32.8 Å². The van der Waals surface area contributed by atoms with Crippen molar-refractivity contribution in [3.8, 4) is 11.5 Å². The standard InChI is InChI=1S/C39H42ClN3O8/c1-25-4-3-5-31-35(44)22-34-37(36(25)31)28(23-40)24-43(34)39(46)26-6-11-32-27(20-26)21-33(42-32)38(45)41-29-7-9-30(10-8-29)51-19-18-50-17-16-49-15-14-48-13-12-47-2/h3-11,20-22,28,42,44H,12-19,23-24H2,1-2H3,(H,41,45)/t28-/m1/s1. The Morgan fingerprint density at radius 3 is 2.31 bits per heavy atom. The van der Waals surface area contributed by atoms with Crippen LogP contribution in [0.1, 0.15) is 37.9 Å². The molecule has 1 aliphatic rings. The molecule has 0 bridgehead atoms. The molecular formula is C39H42ClN3O8. The zero-order valence-corrected chi connectivity index (χ0v) is 29.5. The number of carbonyl (C=O) groups is 2. The van der Waals surface area contributed by atoms with Crippen molar-refractivity contribution in [1.82, 2.24) is 4.98 Å². The van der Waals surface area contributed by atoms with E-state index in [2.05, 4.69) is 10.3 Å². The third kappa shape index (κ3) is 8.46. The number of aromatic amines is 1. The maximum atomic E-state index is 13.9. The van der Waals surface area contributed by atoms with Crippen LogP contribution in [0.2, 0.25) is 0 Å². The number of aromatic nitrogens is 1. The molecule has 2 heterocycles. The van der Waals surface area contributed by atoms with E-state index in [-0.39, 0.29) is 23.5 Å². The summed E-state index contributed by atoms with van der Waals surface area (Å²) < 4.78 is 27.0. The number of fused-ring (bicyclic) bond motifs is 4. The summed E-state index contributed by atoms with van der Waals surface area (Å²) in [6.45, 7) is 6.28. The average molecular weight is 716 g/mol. The van der Waals surface area contributed by atoms with Gasteiger partial charge in [-0.2, -0.15) is 0 Å². The molecule has 1 aliphatic heterocycles. The summed E-state index contributed by atoms with van der Waals surface area (Å²) in [5.74, 6) is 0.522. The van der Waals surface area contributed by atoms with Gasteiger partial charge in [-0.05, 0) is 72.0 Å². The number of nitrogens with zero attached hydrogens (tertiary/aromatic N) is 1. The van der Waals surface area contributed by atoms with Crippen molar-refractivity contribution < 1.29 is 38.4 Å². The third-order valence-corrected chi connectivity index (χ3v) is 9.17. The van der Waals surface area contributed by atoms with Crippen LogP contribution in [0.25, 0.3) is 21.7 Å². The van der Waals surface area contributed by atoms with Crippen LogP contribution in [-0.4, -0.2) is 94.3 Å². The predicted octanol–water partition coefficient (Wildman–Crippen LogP) is 6.65. The molecule has 0 aliphatic carbocycles. The van der Waals surface area contributed by atoms with Crippen molar-refractivity contribution in [3.05, 3.63) is 95.2 Å². The van der Waals surface area contributed by atoms with Crippen LogP contribution in [0.5, 0.6) is 11.5 Å². The van der Waals surface area contributed by atoms with E-state index in [1.54, 1.807) is 66.6 Å². The summed E-state index contributed by atoms with van der Waals surface area (Å²) in [5, 5.41) is 16.2. The molecule has 51 heavy (non-hydrogen) atoms. The Labute approximate surface area is 301 Å². The molecule has 5 aromatic rings. The van der Waals surface area contributed by atoms with E-state index in [1.807, 2.05) is 25.1 Å². The highest BCUT2D eigenvalue weighted by Crippen LogP contribution is 2.46. The van der Waals surface area contributed by atoms with E-state index in [1.165, 1.54) is 0 Å². The smallest absolute Gasteiger partial charge is 0.272 e. The minimum Gasteiger partial charge on any atom is -0.507 e. The minimum atomic E-state index is -0.318. The first-order valence-electron chi connectivity index (χ1n) is 16.9. The monoisotopic (exact) mass is 715 g/mol. The fraction of sp³-hybridized carbons (Fsp3) is 0.333. The number of benzene rings is 4. The van der Waals surface area contributed by atoms with Gasteiger partial charge >= 0.3 is 0 Å². The molecule has 0 saturated heterocycles. The Hall–Kier alpha value is -4.65. The lowest BCUT2D eigenvalue weighted by Gasteiger charge is -2.19. The van der Waals surface area contributed by atoms with Gasteiger partial charge in [-0.15, -0.1) is 11.6 Å². The molecular weight excluding hydrogens is 674 g/mol. The third-order valence-electron chi connectivity index (χ3n) is 8.80. The topological polar surface area (TPSA) is 132 Å². The summed E-state index contributed by atoms with van der Waals surface area (Å²) >= 11 is 6.42. The van der Waals surface area contributed by atoms with Gasteiger partial charge in [0.2, 0.25) is 0 Å². The Kier molecular flexibility index (Phi) is 12.1. The summed E-state index contributed by atoms with van der Waals surface area (Å²) in [4.78, 5) is 31.9. The van der Waals surface area contributed by atoms with Crippen LogP contribution in [0.15, 0.2) is 72.8 Å². The number of phenolic OH excluding ortho intramolecular Hbond substituents is 1. The first-order valence-corrected chi connectivity index (χ1v) is 17.4. The molecule has 4 aromatic carbocycles. The SMILES string of the molecule is COCCOCCOCCOCCOc1ccc(NC(=O)c2cc3cc(C(=O)N4C[C@@H](CCl)c5c4cc(O)c4cccc(C)c54)ccc3[nH]2)cc1. The van der Waals surface area contributed by atoms with Gasteiger partial charge in [0.25, 0.3) is 11.8 Å². The number of hydrogen-bond donors (Lipinski definition) is 3. The number of ether oxygens (including phenoxy) is 5. The molecule has 12 heteroatoms. The minimum absolute atomic E-state index is 0.0746. The number of rotatable bonds is 17. The number of amides is 2. The lowest BCUT2D eigenvalue weighted by Crippen LogP contribution is -2.30. The Bertz CT molecular complexity index is 1980. The van der Waals surface area contributed by atoms with Crippen LogP contribution in [0.4, 0.5) is 11.4 Å². The fourth-order valence-corrected chi connectivity index (χ4v) is 6.55. The van der Waals surface area contributed by atoms with Crippen LogP contribution < -0.4 is 15.0 Å². The highest BCUT2D eigenvalue weighted by Gasteiger charge is 2.35. The number of methoxy groups -OCH3 is 1. The molecule has 2 amide bonds. The quantitative estimate of drug-likeness (QED) is 0.0721. The van der Waals surface area contributed by atoms with Gasteiger partial charge in [-0.25, -0.2) is 0 Å². The molecule has 0 saturated carbocycles. The second-order valence-electron chi connectivity index (χ2n) is 12.2. The number of anilines is 2. The molecule has 0 fully saturated rings. The van der Waals surface area contributed by atoms with Crippen molar-refractivity contribution in [2.45, 2.75) is 12.8 Å². The van der Waals surface area contributed by atoms with E-state index in [9.17, 15) is 14.7 Å². The van der Waals surface area contributed by atoms with Crippen LogP contribution in [-0.2, 0) is 18.9 Å². The van der Waals surface area contributed by atoms with Crippen LogP contribution in [0.3, 0.4) is 0 Å². The van der Waals surface area contributed by atoms with Crippen molar-refractivity contribution in [3.63, 3.8) is 0 Å². The molecule has 11 nitrogen and oxygen atoms in total.